The van der Waals surface area contributed by atoms with Crippen LogP contribution in [0.3, 0.4) is 0 Å². The van der Waals surface area contributed by atoms with E-state index in [-0.39, 0.29) is 35.6 Å². The van der Waals surface area contributed by atoms with Gasteiger partial charge in [-0.2, -0.15) is 0 Å². The van der Waals surface area contributed by atoms with Crippen molar-refractivity contribution in [2.24, 2.45) is 5.92 Å². The molecule has 0 spiro atoms. The molecule has 1 heterocycles. The predicted molar refractivity (Wildman–Crippen MR) is 107 cm³/mol. The van der Waals surface area contributed by atoms with E-state index in [0.717, 1.165) is 6.42 Å². The fourth-order valence-corrected chi connectivity index (χ4v) is 3.83. The number of Topliss-reactive ketones (excluding diaryl/α,β-unsaturated/α-hetero) is 1. The number of ketones is 1. The zero-order valence-corrected chi connectivity index (χ0v) is 16.4. The summed E-state index contributed by atoms with van der Waals surface area (Å²) in [7, 11) is 0. The second kappa shape index (κ2) is 8.52. The molecule has 2 aromatic carbocycles. The van der Waals surface area contributed by atoms with Gasteiger partial charge in [0.1, 0.15) is 24.2 Å². The van der Waals surface area contributed by atoms with Crippen LogP contribution in [-0.4, -0.2) is 24.0 Å². The number of hydrogen-bond acceptors (Lipinski definition) is 5. The lowest BCUT2D eigenvalue weighted by Crippen LogP contribution is -2.43. The molecule has 0 saturated heterocycles. The second-order valence-electron chi connectivity index (χ2n) is 7.43. The number of esters is 1. The maximum absolute atomic E-state index is 12.9. The fraction of sp³-hybridized carbons (Fsp3) is 0.333. The van der Waals surface area contributed by atoms with E-state index in [9.17, 15) is 9.59 Å². The second-order valence-corrected chi connectivity index (χ2v) is 7.43. The Hall–Kier alpha value is -3.08. The summed E-state index contributed by atoms with van der Waals surface area (Å²) < 4.78 is 17.2. The smallest absolute Gasteiger partial charge is 0.338 e. The highest BCUT2D eigenvalue weighted by Gasteiger charge is 2.42. The Morgan fingerprint density at radius 3 is 2.55 bits per heavy atom. The minimum absolute atomic E-state index is 0.0475. The summed E-state index contributed by atoms with van der Waals surface area (Å²) in [5, 5.41) is 0. The number of allylic oxidation sites excluding steroid dienone is 1. The molecule has 0 N–H and O–H groups in total. The van der Waals surface area contributed by atoms with Gasteiger partial charge in [0.05, 0.1) is 11.5 Å². The standard InChI is InChI=1S/C24H24O5/c1-2-16-8-10-18(11-9-16)28-22-15-27-21-14-19(12-13-20(21)23(22)25)29-24(26)17-6-4-3-5-7-17/h3-11,15,19-21H,2,12-14H2,1H3. The van der Waals surface area contributed by atoms with Crippen molar-refractivity contribution in [2.45, 2.75) is 44.8 Å². The number of carbonyl (C=O) groups excluding carboxylic acids is 2. The first-order valence-corrected chi connectivity index (χ1v) is 10.1. The van der Waals surface area contributed by atoms with Crippen molar-refractivity contribution < 1.29 is 23.8 Å². The van der Waals surface area contributed by atoms with E-state index in [1.165, 1.54) is 11.8 Å². The van der Waals surface area contributed by atoms with Crippen LogP contribution in [0.4, 0.5) is 0 Å². The summed E-state index contributed by atoms with van der Waals surface area (Å²) in [5.74, 6) is 0.195. The number of hydrogen-bond donors (Lipinski definition) is 0. The quantitative estimate of drug-likeness (QED) is 0.703. The number of aryl methyl sites for hydroxylation is 1. The van der Waals surface area contributed by atoms with Gasteiger partial charge < -0.3 is 14.2 Å². The summed E-state index contributed by atoms with van der Waals surface area (Å²) in [6.07, 6.45) is 3.54. The Morgan fingerprint density at radius 1 is 1.07 bits per heavy atom. The molecule has 150 valence electrons. The molecule has 0 amide bonds. The van der Waals surface area contributed by atoms with E-state index in [4.69, 9.17) is 14.2 Å². The van der Waals surface area contributed by atoms with Crippen molar-refractivity contribution in [3.63, 3.8) is 0 Å². The van der Waals surface area contributed by atoms with Crippen LogP contribution in [0.5, 0.6) is 5.75 Å². The molecule has 0 bridgehead atoms. The Morgan fingerprint density at radius 2 is 1.83 bits per heavy atom. The normalized spacial score (nSPS) is 23.4. The average molecular weight is 392 g/mol. The Balaban J connectivity index is 1.37. The van der Waals surface area contributed by atoms with E-state index in [1.807, 2.05) is 30.3 Å². The third-order valence-electron chi connectivity index (χ3n) is 5.52. The maximum atomic E-state index is 12.9. The molecular formula is C24H24O5. The number of carbonyl (C=O) groups is 2. The molecule has 1 fully saturated rings. The van der Waals surface area contributed by atoms with Crippen LogP contribution in [0.2, 0.25) is 0 Å². The van der Waals surface area contributed by atoms with Gasteiger partial charge in [-0.3, -0.25) is 4.79 Å². The Labute approximate surface area is 170 Å². The first-order valence-electron chi connectivity index (χ1n) is 10.1. The molecule has 4 rings (SSSR count). The van der Waals surface area contributed by atoms with Crippen LogP contribution >= 0.6 is 0 Å². The van der Waals surface area contributed by atoms with Crippen molar-refractivity contribution in [3.8, 4) is 5.75 Å². The first-order chi connectivity index (χ1) is 14.1. The van der Waals surface area contributed by atoms with Crippen molar-refractivity contribution in [2.75, 3.05) is 0 Å². The van der Waals surface area contributed by atoms with Crippen molar-refractivity contribution in [1.82, 2.24) is 0 Å². The van der Waals surface area contributed by atoms with Gasteiger partial charge >= 0.3 is 5.97 Å². The van der Waals surface area contributed by atoms with Gasteiger partial charge in [-0.25, -0.2) is 4.79 Å². The average Bonchev–Trinajstić information content (AvgIpc) is 2.77. The van der Waals surface area contributed by atoms with Crippen LogP contribution in [-0.2, 0) is 20.7 Å². The molecule has 1 aliphatic carbocycles. The van der Waals surface area contributed by atoms with Gasteiger partial charge in [0.25, 0.3) is 0 Å². The first kappa shape index (κ1) is 19.2. The minimum atomic E-state index is -0.341. The molecule has 1 saturated carbocycles. The topological polar surface area (TPSA) is 61.8 Å². The van der Waals surface area contributed by atoms with Crippen molar-refractivity contribution in [3.05, 3.63) is 77.7 Å². The number of ether oxygens (including phenoxy) is 3. The van der Waals surface area contributed by atoms with Gasteiger partial charge in [-0.15, -0.1) is 0 Å². The lowest BCUT2D eigenvalue weighted by molar-refractivity contribution is -0.132. The molecule has 3 atom stereocenters. The molecule has 2 aliphatic rings. The third kappa shape index (κ3) is 4.34. The van der Waals surface area contributed by atoms with Crippen molar-refractivity contribution in [1.29, 1.82) is 0 Å². The lowest BCUT2D eigenvalue weighted by atomic mass is 9.80. The van der Waals surface area contributed by atoms with E-state index in [2.05, 4.69) is 6.92 Å². The molecule has 3 unspecified atom stereocenters. The van der Waals surface area contributed by atoms with Crippen LogP contribution in [0, 0.1) is 5.92 Å². The molecule has 2 aromatic rings. The highest BCUT2D eigenvalue weighted by molar-refractivity contribution is 5.96. The molecular weight excluding hydrogens is 368 g/mol. The van der Waals surface area contributed by atoms with E-state index in [1.54, 1.807) is 24.3 Å². The van der Waals surface area contributed by atoms with Crippen LogP contribution < -0.4 is 4.74 Å². The van der Waals surface area contributed by atoms with Crippen molar-refractivity contribution >= 4 is 11.8 Å². The summed E-state index contributed by atoms with van der Waals surface area (Å²) in [6.45, 7) is 2.09. The SMILES string of the molecule is CCc1ccc(OC2=COC3CC(OC(=O)c4ccccc4)CCC3C2=O)cc1. The van der Waals surface area contributed by atoms with Crippen LogP contribution in [0.1, 0.15) is 42.1 Å². The highest BCUT2D eigenvalue weighted by atomic mass is 16.6. The molecule has 5 nitrogen and oxygen atoms in total. The summed E-state index contributed by atoms with van der Waals surface area (Å²) in [6, 6.07) is 16.6. The largest absolute Gasteiger partial charge is 0.493 e. The van der Waals surface area contributed by atoms with Gasteiger partial charge in [0.15, 0.2) is 0 Å². The van der Waals surface area contributed by atoms with E-state index < -0.39 is 0 Å². The lowest BCUT2D eigenvalue weighted by Gasteiger charge is -2.36. The zero-order chi connectivity index (χ0) is 20.2. The number of fused-ring (bicyclic) bond motifs is 1. The van der Waals surface area contributed by atoms with E-state index >= 15 is 0 Å². The Bertz CT molecular complexity index is 901. The van der Waals surface area contributed by atoms with Crippen LogP contribution in [0.25, 0.3) is 0 Å². The summed E-state index contributed by atoms with van der Waals surface area (Å²) in [5.41, 5.74) is 1.74. The number of rotatable bonds is 5. The minimum Gasteiger partial charge on any atom is -0.493 e. The molecule has 29 heavy (non-hydrogen) atoms. The molecule has 0 aromatic heterocycles. The molecule has 5 heteroatoms. The van der Waals surface area contributed by atoms with E-state index in [0.29, 0.717) is 30.6 Å². The monoisotopic (exact) mass is 392 g/mol. The molecule has 0 radical (unpaired) electrons. The van der Waals surface area contributed by atoms with Gasteiger partial charge in [-0.05, 0) is 49.1 Å². The fourth-order valence-electron chi connectivity index (χ4n) is 3.83. The van der Waals surface area contributed by atoms with Crippen LogP contribution in [0.15, 0.2) is 66.6 Å². The van der Waals surface area contributed by atoms with Gasteiger partial charge in [0, 0.05) is 6.42 Å². The summed E-state index contributed by atoms with van der Waals surface area (Å²) in [4.78, 5) is 25.1. The third-order valence-corrected chi connectivity index (χ3v) is 5.52. The predicted octanol–water partition coefficient (Wildman–Crippen LogP) is 4.46. The maximum Gasteiger partial charge on any atom is 0.338 e. The molecule has 1 aliphatic heterocycles. The van der Waals surface area contributed by atoms with Gasteiger partial charge in [-0.1, -0.05) is 37.3 Å². The van der Waals surface area contributed by atoms with Gasteiger partial charge in [0.2, 0.25) is 11.5 Å². The number of benzene rings is 2. The zero-order valence-electron chi connectivity index (χ0n) is 16.4. The highest BCUT2D eigenvalue weighted by Crippen LogP contribution is 2.35. The summed E-state index contributed by atoms with van der Waals surface area (Å²) >= 11 is 0. The Kier molecular flexibility index (Phi) is 5.65.